The first-order valence-electron chi connectivity index (χ1n) is 6.25. The second-order valence-corrected chi connectivity index (χ2v) is 6.60. The summed E-state index contributed by atoms with van der Waals surface area (Å²) >= 11 is 1.72. The molecule has 0 aliphatic heterocycles. The molecule has 96 valence electrons. The standard InChI is InChI=1S/C15H20N2S/c1-15(2,3)11-16-9-14-17-13(10-18-14)12-7-5-4-6-8-12/h4-8,10,16H,9,11H2,1-3H3. The first-order valence-corrected chi connectivity index (χ1v) is 7.13. The predicted molar refractivity (Wildman–Crippen MR) is 78.7 cm³/mol. The molecule has 2 nitrogen and oxygen atoms in total. The van der Waals surface area contributed by atoms with Crippen molar-refractivity contribution in [1.29, 1.82) is 0 Å². The quantitative estimate of drug-likeness (QED) is 0.900. The molecule has 0 spiro atoms. The van der Waals surface area contributed by atoms with Gasteiger partial charge in [0.05, 0.1) is 5.69 Å². The molecule has 0 saturated carbocycles. The molecule has 1 aromatic carbocycles. The van der Waals surface area contributed by atoms with Gasteiger partial charge in [0, 0.05) is 24.0 Å². The maximum atomic E-state index is 4.66. The molecule has 1 aromatic heterocycles. The van der Waals surface area contributed by atoms with Crippen LogP contribution in [-0.4, -0.2) is 11.5 Å². The highest BCUT2D eigenvalue weighted by atomic mass is 32.1. The lowest BCUT2D eigenvalue weighted by atomic mass is 9.97. The van der Waals surface area contributed by atoms with Crippen molar-refractivity contribution in [2.24, 2.45) is 5.41 Å². The highest BCUT2D eigenvalue weighted by Crippen LogP contribution is 2.21. The Hall–Kier alpha value is -1.19. The maximum absolute atomic E-state index is 4.66. The van der Waals surface area contributed by atoms with Crippen LogP contribution >= 0.6 is 11.3 Å². The molecular formula is C15H20N2S. The summed E-state index contributed by atoms with van der Waals surface area (Å²) in [5.41, 5.74) is 2.59. The van der Waals surface area contributed by atoms with E-state index in [1.807, 2.05) is 18.2 Å². The average molecular weight is 260 g/mol. The molecule has 0 unspecified atom stereocenters. The molecule has 0 aliphatic rings. The average Bonchev–Trinajstić information content (AvgIpc) is 2.77. The molecule has 2 rings (SSSR count). The van der Waals surface area contributed by atoms with Gasteiger partial charge in [0.25, 0.3) is 0 Å². The zero-order valence-electron chi connectivity index (χ0n) is 11.2. The van der Waals surface area contributed by atoms with E-state index in [9.17, 15) is 0 Å². The number of hydrogen-bond donors (Lipinski definition) is 1. The van der Waals surface area contributed by atoms with E-state index in [0.717, 1.165) is 23.8 Å². The first-order chi connectivity index (χ1) is 8.54. The van der Waals surface area contributed by atoms with Gasteiger partial charge in [-0.1, -0.05) is 51.1 Å². The molecule has 2 aromatic rings. The van der Waals surface area contributed by atoms with Crippen LogP contribution in [0.15, 0.2) is 35.7 Å². The van der Waals surface area contributed by atoms with Crippen molar-refractivity contribution < 1.29 is 0 Å². The third kappa shape index (κ3) is 3.93. The first kappa shape index (κ1) is 13.2. The number of rotatable bonds is 4. The number of nitrogens with one attached hydrogen (secondary N) is 1. The number of aromatic nitrogens is 1. The zero-order chi connectivity index (χ0) is 13.0. The molecule has 3 heteroatoms. The van der Waals surface area contributed by atoms with Crippen LogP contribution < -0.4 is 5.32 Å². The smallest absolute Gasteiger partial charge is 0.107 e. The summed E-state index contributed by atoms with van der Waals surface area (Å²) in [5.74, 6) is 0. The number of thiazole rings is 1. The highest BCUT2D eigenvalue weighted by molar-refractivity contribution is 7.09. The Kier molecular flexibility index (Phi) is 4.15. The fourth-order valence-corrected chi connectivity index (χ4v) is 2.45. The van der Waals surface area contributed by atoms with E-state index in [-0.39, 0.29) is 0 Å². The molecular weight excluding hydrogens is 240 g/mol. The summed E-state index contributed by atoms with van der Waals surface area (Å²) in [6, 6.07) is 10.3. The Labute approximate surface area is 113 Å². The van der Waals surface area contributed by atoms with E-state index in [0.29, 0.717) is 5.41 Å². The lowest BCUT2D eigenvalue weighted by molar-refractivity contribution is 0.379. The van der Waals surface area contributed by atoms with Gasteiger partial charge in [-0.3, -0.25) is 0 Å². The lowest BCUT2D eigenvalue weighted by Crippen LogP contribution is -2.26. The number of nitrogens with zero attached hydrogens (tertiary/aromatic N) is 1. The molecule has 0 amide bonds. The zero-order valence-corrected chi connectivity index (χ0v) is 12.1. The van der Waals surface area contributed by atoms with Crippen LogP contribution in [0.5, 0.6) is 0 Å². The minimum Gasteiger partial charge on any atom is -0.310 e. The van der Waals surface area contributed by atoms with Crippen LogP contribution in [0, 0.1) is 5.41 Å². The van der Waals surface area contributed by atoms with Gasteiger partial charge >= 0.3 is 0 Å². The Morgan fingerprint density at radius 2 is 1.89 bits per heavy atom. The van der Waals surface area contributed by atoms with Crippen molar-refractivity contribution in [3.8, 4) is 11.3 Å². The van der Waals surface area contributed by atoms with E-state index in [1.165, 1.54) is 5.56 Å². The Balaban J connectivity index is 1.95. The van der Waals surface area contributed by atoms with Gasteiger partial charge in [-0.2, -0.15) is 0 Å². The topological polar surface area (TPSA) is 24.9 Å². The summed E-state index contributed by atoms with van der Waals surface area (Å²) < 4.78 is 0. The van der Waals surface area contributed by atoms with Crippen molar-refractivity contribution in [3.63, 3.8) is 0 Å². The van der Waals surface area contributed by atoms with Gasteiger partial charge in [-0.05, 0) is 5.41 Å². The predicted octanol–water partition coefficient (Wildman–Crippen LogP) is 3.95. The van der Waals surface area contributed by atoms with E-state index < -0.39 is 0 Å². The van der Waals surface area contributed by atoms with E-state index >= 15 is 0 Å². The second-order valence-electron chi connectivity index (χ2n) is 5.66. The molecule has 0 bridgehead atoms. The minimum atomic E-state index is 0.319. The molecule has 0 radical (unpaired) electrons. The van der Waals surface area contributed by atoms with Crippen molar-refractivity contribution in [2.45, 2.75) is 27.3 Å². The fourth-order valence-electron chi connectivity index (χ4n) is 1.68. The lowest BCUT2D eigenvalue weighted by Gasteiger charge is -2.18. The summed E-state index contributed by atoms with van der Waals surface area (Å²) in [6.45, 7) is 8.56. The van der Waals surface area contributed by atoms with Crippen LogP contribution in [0.3, 0.4) is 0 Å². The Morgan fingerprint density at radius 1 is 1.17 bits per heavy atom. The highest BCUT2D eigenvalue weighted by Gasteiger charge is 2.10. The Morgan fingerprint density at radius 3 is 2.56 bits per heavy atom. The van der Waals surface area contributed by atoms with Crippen LogP contribution in [-0.2, 0) is 6.54 Å². The summed E-state index contributed by atoms with van der Waals surface area (Å²) in [6.07, 6.45) is 0. The van der Waals surface area contributed by atoms with E-state index in [2.05, 4.69) is 48.6 Å². The van der Waals surface area contributed by atoms with Crippen LogP contribution in [0.2, 0.25) is 0 Å². The van der Waals surface area contributed by atoms with Gasteiger partial charge in [0.1, 0.15) is 5.01 Å². The molecule has 0 atom stereocenters. The van der Waals surface area contributed by atoms with Gasteiger partial charge in [0.15, 0.2) is 0 Å². The van der Waals surface area contributed by atoms with Crippen molar-refractivity contribution in [1.82, 2.24) is 10.3 Å². The van der Waals surface area contributed by atoms with Gasteiger partial charge in [-0.25, -0.2) is 4.98 Å². The molecule has 1 heterocycles. The van der Waals surface area contributed by atoms with Gasteiger partial charge in [0.2, 0.25) is 0 Å². The van der Waals surface area contributed by atoms with Crippen molar-refractivity contribution >= 4 is 11.3 Å². The second kappa shape index (κ2) is 5.63. The van der Waals surface area contributed by atoms with Crippen LogP contribution in [0.4, 0.5) is 0 Å². The summed E-state index contributed by atoms with van der Waals surface area (Å²) in [4.78, 5) is 4.66. The number of hydrogen-bond acceptors (Lipinski definition) is 3. The van der Waals surface area contributed by atoms with Gasteiger partial charge in [-0.15, -0.1) is 11.3 Å². The van der Waals surface area contributed by atoms with E-state index in [1.54, 1.807) is 11.3 Å². The largest absolute Gasteiger partial charge is 0.310 e. The van der Waals surface area contributed by atoms with Gasteiger partial charge < -0.3 is 5.32 Å². The minimum absolute atomic E-state index is 0.319. The third-order valence-electron chi connectivity index (χ3n) is 2.55. The third-order valence-corrected chi connectivity index (χ3v) is 3.40. The van der Waals surface area contributed by atoms with Crippen LogP contribution in [0.25, 0.3) is 11.3 Å². The van der Waals surface area contributed by atoms with Crippen LogP contribution in [0.1, 0.15) is 25.8 Å². The SMILES string of the molecule is CC(C)(C)CNCc1nc(-c2ccccc2)cs1. The monoisotopic (exact) mass is 260 g/mol. The number of benzene rings is 1. The molecule has 1 N–H and O–H groups in total. The Bertz CT molecular complexity index is 483. The molecule has 0 saturated heterocycles. The molecule has 0 aliphatic carbocycles. The summed E-state index contributed by atoms with van der Waals surface area (Å²) in [7, 11) is 0. The van der Waals surface area contributed by atoms with E-state index in [4.69, 9.17) is 0 Å². The summed E-state index contributed by atoms with van der Waals surface area (Å²) in [5, 5.41) is 6.73. The molecule has 18 heavy (non-hydrogen) atoms. The van der Waals surface area contributed by atoms with Crippen molar-refractivity contribution in [3.05, 3.63) is 40.7 Å². The normalized spacial score (nSPS) is 11.7. The molecule has 0 fully saturated rings. The maximum Gasteiger partial charge on any atom is 0.107 e. The fraction of sp³-hybridized carbons (Fsp3) is 0.400. The van der Waals surface area contributed by atoms with Crippen molar-refractivity contribution in [2.75, 3.05) is 6.54 Å².